The number of benzene rings is 1. The fourth-order valence-corrected chi connectivity index (χ4v) is 8.12. The summed E-state index contributed by atoms with van der Waals surface area (Å²) in [4.78, 5) is 12.4. The van der Waals surface area contributed by atoms with Gasteiger partial charge in [0.15, 0.2) is 5.60 Å². The van der Waals surface area contributed by atoms with Gasteiger partial charge >= 0.3 is 5.97 Å². The van der Waals surface area contributed by atoms with E-state index in [1.165, 1.54) is 50.5 Å². The molecule has 1 aliphatic heterocycles. The van der Waals surface area contributed by atoms with Crippen molar-refractivity contribution in [2.75, 3.05) is 0 Å². The summed E-state index contributed by atoms with van der Waals surface area (Å²) in [5, 5.41) is 4.00. The van der Waals surface area contributed by atoms with Crippen molar-refractivity contribution in [1.29, 1.82) is 0 Å². The first-order chi connectivity index (χ1) is 14.1. The molecular formula is C26H33NO2. The summed E-state index contributed by atoms with van der Waals surface area (Å²) in [5.41, 5.74) is 2.41. The first-order valence-corrected chi connectivity index (χ1v) is 11.9. The highest BCUT2D eigenvalue weighted by Gasteiger charge is 2.56. The van der Waals surface area contributed by atoms with Gasteiger partial charge in [-0.05, 0) is 92.9 Å². The van der Waals surface area contributed by atoms with Crippen molar-refractivity contribution in [2.45, 2.75) is 82.3 Å². The van der Waals surface area contributed by atoms with Crippen molar-refractivity contribution in [1.82, 2.24) is 5.32 Å². The van der Waals surface area contributed by atoms with E-state index < -0.39 is 0 Å². The Kier molecular flexibility index (Phi) is 4.12. The number of rotatable bonds is 4. The van der Waals surface area contributed by atoms with Gasteiger partial charge in [0.2, 0.25) is 0 Å². The van der Waals surface area contributed by atoms with Gasteiger partial charge in [0.05, 0.1) is 11.7 Å². The van der Waals surface area contributed by atoms with Crippen LogP contribution in [0.1, 0.15) is 82.2 Å². The molecule has 5 fully saturated rings. The molecule has 3 heteroatoms. The van der Waals surface area contributed by atoms with Crippen molar-refractivity contribution in [3.8, 4) is 0 Å². The Bertz CT molecular complexity index is 785. The summed E-state index contributed by atoms with van der Waals surface area (Å²) in [5.74, 6) is 2.58. The average Bonchev–Trinajstić information content (AvgIpc) is 3.00. The number of carbonyl (C=O) groups is 1. The smallest absolute Gasteiger partial charge is 0.333 e. The predicted molar refractivity (Wildman–Crippen MR) is 113 cm³/mol. The van der Waals surface area contributed by atoms with Crippen LogP contribution in [-0.4, -0.2) is 11.6 Å². The van der Waals surface area contributed by atoms with Gasteiger partial charge in [0.1, 0.15) is 0 Å². The Morgan fingerprint density at radius 2 is 1.52 bits per heavy atom. The lowest BCUT2D eigenvalue weighted by molar-refractivity contribution is -0.148. The van der Waals surface area contributed by atoms with E-state index in [2.05, 4.69) is 35.6 Å². The van der Waals surface area contributed by atoms with Crippen molar-refractivity contribution >= 4 is 5.97 Å². The van der Waals surface area contributed by atoms with Gasteiger partial charge in [-0.3, -0.25) is 0 Å². The molecular weight excluding hydrogens is 358 g/mol. The van der Waals surface area contributed by atoms with Crippen LogP contribution in [0.2, 0.25) is 0 Å². The van der Waals surface area contributed by atoms with Gasteiger partial charge in [-0.2, -0.15) is 0 Å². The predicted octanol–water partition coefficient (Wildman–Crippen LogP) is 5.68. The van der Waals surface area contributed by atoms with Crippen LogP contribution in [0.25, 0.3) is 0 Å². The molecule has 0 amide bonds. The van der Waals surface area contributed by atoms with Crippen LogP contribution in [0.5, 0.6) is 0 Å². The van der Waals surface area contributed by atoms with Gasteiger partial charge in [0.25, 0.3) is 0 Å². The third-order valence-electron chi connectivity index (χ3n) is 8.84. The Hall–Kier alpha value is -1.77. The van der Waals surface area contributed by atoms with E-state index in [1.807, 2.05) is 0 Å². The monoisotopic (exact) mass is 391 g/mol. The van der Waals surface area contributed by atoms with Gasteiger partial charge in [-0.1, -0.05) is 36.8 Å². The fourth-order valence-electron chi connectivity index (χ4n) is 8.12. The van der Waals surface area contributed by atoms with Crippen LogP contribution in [0, 0.1) is 23.2 Å². The zero-order chi connectivity index (χ0) is 19.5. The molecule has 4 bridgehead atoms. The normalized spacial score (nSPS) is 38.0. The van der Waals surface area contributed by atoms with Crippen LogP contribution in [0.4, 0.5) is 0 Å². The maximum Gasteiger partial charge on any atom is 0.333 e. The van der Waals surface area contributed by atoms with E-state index in [0.29, 0.717) is 5.41 Å². The second-order valence-corrected chi connectivity index (χ2v) is 10.8. The van der Waals surface area contributed by atoms with E-state index in [-0.39, 0.29) is 17.6 Å². The zero-order valence-corrected chi connectivity index (χ0v) is 17.4. The van der Waals surface area contributed by atoms with E-state index >= 15 is 0 Å². The summed E-state index contributed by atoms with van der Waals surface area (Å²) in [6, 6.07) is 11.3. The number of esters is 1. The molecule has 3 nitrogen and oxygen atoms in total. The number of hydrogen-bond acceptors (Lipinski definition) is 3. The number of hydrogen-bond donors (Lipinski definition) is 1. The standard InChI is InChI=1S/C26H33NO2/c28-23-14-22(26(29-23)9-5-2-6-10-26)27-24(21-7-3-1-4-8-21)25-15-18-11-19(16-25)13-20(12-18)17-25/h1,3-4,7-8,14,18-20,24,27H,2,5-6,9-13,15-17H2/t18?,19?,20?,24-,25?/m0/s1. The number of ether oxygens (including phenoxy) is 1. The molecule has 29 heavy (non-hydrogen) atoms. The SMILES string of the molecule is O=C1C=C(N[C@@H](c2ccccc2)C23CC4CC(CC(C4)C2)C3)C2(CCCCC2)O1. The van der Waals surface area contributed by atoms with E-state index in [9.17, 15) is 4.79 Å². The molecule has 5 aliphatic carbocycles. The maximum atomic E-state index is 12.4. The Morgan fingerprint density at radius 1 is 0.897 bits per heavy atom. The second-order valence-electron chi connectivity index (χ2n) is 10.8. The van der Waals surface area contributed by atoms with Gasteiger partial charge < -0.3 is 10.1 Å². The van der Waals surface area contributed by atoms with Crippen LogP contribution in [0.3, 0.4) is 0 Å². The first-order valence-electron chi connectivity index (χ1n) is 11.9. The summed E-state index contributed by atoms with van der Waals surface area (Å²) in [6.45, 7) is 0. The lowest BCUT2D eigenvalue weighted by Gasteiger charge is -2.60. The van der Waals surface area contributed by atoms with E-state index in [1.54, 1.807) is 6.08 Å². The molecule has 0 saturated heterocycles. The highest BCUT2D eigenvalue weighted by atomic mass is 16.6. The molecule has 6 aliphatic rings. The Balaban J connectivity index is 1.38. The number of nitrogens with one attached hydrogen (secondary N) is 1. The lowest BCUT2D eigenvalue weighted by atomic mass is 9.47. The van der Waals surface area contributed by atoms with Crippen molar-refractivity contribution in [3.05, 3.63) is 47.7 Å². The van der Waals surface area contributed by atoms with Crippen molar-refractivity contribution in [3.63, 3.8) is 0 Å². The third-order valence-corrected chi connectivity index (χ3v) is 8.84. The van der Waals surface area contributed by atoms with Crippen LogP contribution in [-0.2, 0) is 9.53 Å². The fraction of sp³-hybridized carbons (Fsp3) is 0.654. The van der Waals surface area contributed by atoms with E-state index in [0.717, 1.165) is 49.1 Å². The molecule has 1 aromatic rings. The molecule has 0 unspecified atom stereocenters. The average molecular weight is 392 g/mol. The summed E-state index contributed by atoms with van der Waals surface area (Å²) in [7, 11) is 0. The maximum absolute atomic E-state index is 12.4. The zero-order valence-electron chi connectivity index (χ0n) is 17.4. The third kappa shape index (κ3) is 2.95. The molecule has 0 aromatic heterocycles. The summed E-state index contributed by atoms with van der Waals surface area (Å²) >= 11 is 0. The first kappa shape index (κ1) is 18.0. The molecule has 0 radical (unpaired) electrons. The second kappa shape index (κ2) is 6.62. The number of carbonyl (C=O) groups excluding carboxylic acids is 1. The largest absolute Gasteiger partial charge is 0.449 e. The minimum absolute atomic E-state index is 0.147. The summed E-state index contributed by atoms with van der Waals surface area (Å²) < 4.78 is 5.96. The van der Waals surface area contributed by atoms with E-state index in [4.69, 9.17) is 4.74 Å². The summed E-state index contributed by atoms with van der Waals surface area (Å²) in [6.07, 6.45) is 15.7. The van der Waals surface area contributed by atoms with Crippen LogP contribution >= 0.6 is 0 Å². The van der Waals surface area contributed by atoms with Crippen LogP contribution in [0.15, 0.2) is 42.1 Å². The van der Waals surface area contributed by atoms with Crippen molar-refractivity contribution in [2.24, 2.45) is 23.2 Å². The van der Waals surface area contributed by atoms with Crippen LogP contribution < -0.4 is 5.32 Å². The van der Waals surface area contributed by atoms with Crippen molar-refractivity contribution < 1.29 is 9.53 Å². The molecule has 5 saturated carbocycles. The molecule has 7 rings (SSSR count). The highest BCUT2D eigenvalue weighted by molar-refractivity contribution is 5.86. The minimum atomic E-state index is -0.384. The molecule has 1 aromatic carbocycles. The highest BCUT2D eigenvalue weighted by Crippen LogP contribution is 2.64. The molecule has 1 heterocycles. The Morgan fingerprint density at radius 3 is 2.14 bits per heavy atom. The van der Waals surface area contributed by atoms with Gasteiger partial charge in [-0.25, -0.2) is 4.79 Å². The lowest BCUT2D eigenvalue weighted by Crippen LogP contribution is -2.53. The minimum Gasteiger partial charge on any atom is -0.449 e. The topological polar surface area (TPSA) is 38.3 Å². The molecule has 1 N–H and O–H groups in total. The quantitative estimate of drug-likeness (QED) is 0.671. The Labute approximate surface area is 174 Å². The molecule has 1 spiro atoms. The van der Waals surface area contributed by atoms with Gasteiger partial charge in [0, 0.05) is 6.08 Å². The van der Waals surface area contributed by atoms with Gasteiger partial charge in [-0.15, -0.1) is 0 Å². The molecule has 154 valence electrons. The molecule has 1 atom stereocenters.